The summed E-state index contributed by atoms with van der Waals surface area (Å²) in [7, 11) is 0. The van der Waals surface area contributed by atoms with Crippen LogP contribution in [-0.4, -0.2) is 21.6 Å². The van der Waals surface area contributed by atoms with E-state index in [1.54, 1.807) is 11.3 Å². The summed E-state index contributed by atoms with van der Waals surface area (Å²) in [5.74, 6) is 0.595. The summed E-state index contributed by atoms with van der Waals surface area (Å²) in [4.78, 5) is 24.1. The second-order valence-electron chi connectivity index (χ2n) is 8.75. The van der Waals surface area contributed by atoms with Crippen LogP contribution in [0.25, 0.3) is 10.2 Å². The van der Waals surface area contributed by atoms with Crippen LogP contribution in [0.15, 0.2) is 96.2 Å². The maximum absolute atomic E-state index is 12.4. The molecule has 0 fully saturated rings. The predicted molar refractivity (Wildman–Crippen MR) is 156 cm³/mol. The van der Waals surface area contributed by atoms with E-state index in [2.05, 4.69) is 71.0 Å². The first-order chi connectivity index (χ1) is 18.2. The zero-order valence-electron chi connectivity index (χ0n) is 19.8. The standard InChI is InChI=1S/C29H24N4OS3/c30-27-24-21-16-22(18-10-4-1-5-11-18)36-25(19-12-6-2-7-13-19)26(21)37-28(24)33-29(32-27)35-17-23(34)31-20-14-8-3-9-15-20/h1-15,22,25H,16-17H2,(H,31,34)(H2,30,32,33)/t22-,25+/m1/s1. The van der Waals surface area contributed by atoms with Crippen LogP contribution >= 0.6 is 34.9 Å². The number of carbonyl (C=O) groups is 1. The smallest absolute Gasteiger partial charge is 0.234 e. The topological polar surface area (TPSA) is 80.9 Å². The molecule has 0 bridgehead atoms. The molecule has 1 amide bonds. The molecule has 2 atom stereocenters. The van der Waals surface area contributed by atoms with Crippen molar-refractivity contribution < 1.29 is 4.79 Å². The molecule has 184 valence electrons. The highest BCUT2D eigenvalue weighted by Gasteiger charge is 2.34. The molecule has 1 aliphatic rings. The average molecular weight is 541 g/mol. The van der Waals surface area contributed by atoms with Crippen molar-refractivity contribution in [2.45, 2.75) is 22.1 Å². The third-order valence-corrected chi connectivity index (χ3v) is 10.0. The Morgan fingerprint density at radius 1 is 0.919 bits per heavy atom. The molecule has 5 nitrogen and oxygen atoms in total. The van der Waals surface area contributed by atoms with E-state index >= 15 is 0 Å². The van der Waals surface area contributed by atoms with Gasteiger partial charge in [0.1, 0.15) is 10.6 Å². The lowest BCUT2D eigenvalue weighted by molar-refractivity contribution is -0.113. The average Bonchev–Trinajstić information content (AvgIpc) is 3.32. The molecular weight excluding hydrogens is 517 g/mol. The molecule has 0 saturated heterocycles. The summed E-state index contributed by atoms with van der Waals surface area (Å²) in [6.07, 6.45) is 0.882. The molecule has 0 unspecified atom stereocenters. The van der Waals surface area contributed by atoms with Gasteiger partial charge in [-0.3, -0.25) is 4.79 Å². The molecule has 0 spiro atoms. The number of hydrogen-bond donors (Lipinski definition) is 2. The Bertz CT molecular complexity index is 1540. The molecule has 2 aromatic heterocycles. The molecule has 0 radical (unpaired) electrons. The third-order valence-electron chi connectivity index (χ3n) is 6.28. The number of thioether (sulfide) groups is 2. The zero-order chi connectivity index (χ0) is 25.2. The number of carbonyl (C=O) groups excluding carboxylic acids is 1. The van der Waals surface area contributed by atoms with Crippen molar-refractivity contribution in [3.8, 4) is 0 Å². The molecule has 3 N–H and O–H groups in total. The second kappa shape index (κ2) is 10.6. The minimum Gasteiger partial charge on any atom is -0.383 e. The molecule has 0 aliphatic carbocycles. The van der Waals surface area contributed by atoms with Crippen LogP contribution in [-0.2, 0) is 11.2 Å². The van der Waals surface area contributed by atoms with E-state index in [1.807, 2.05) is 42.1 Å². The van der Waals surface area contributed by atoms with Gasteiger partial charge in [0.2, 0.25) is 5.91 Å². The molecule has 3 heterocycles. The number of nitrogen functional groups attached to an aromatic ring is 1. The molecule has 1 aliphatic heterocycles. The van der Waals surface area contributed by atoms with E-state index in [-0.39, 0.29) is 16.9 Å². The first-order valence-corrected chi connectivity index (χ1v) is 14.7. The van der Waals surface area contributed by atoms with Crippen molar-refractivity contribution in [3.63, 3.8) is 0 Å². The minimum absolute atomic E-state index is 0.102. The fourth-order valence-electron chi connectivity index (χ4n) is 4.59. The van der Waals surface area contributed by atoms with E-state index in [1.165, 1.54) is 33.3 Å². The molecule has 6 rings (SSSR count). The first kappa shape index (κ1) is 24.0. The summed E-state index contributed by atoms with van der Waals surface area (Å²) in [5.41, 5.74) is 11.2. The van der Waals surface area contributed by atoms with E-state index in [0.29, 0.717) is 16.2 Å². The van der Waals surface area contributed by atoms with Gasteiger partial charge < -0.3 is 11.1 Å². The van der Waals surface area contributed by atoms with Gasteiger partial charge in [0.15, 0.2) is 5.16 Å². The Hall–Kier alpha value is -3.33. The first-order valence-electron chi connectivity index (χ1n) is 12.0. The highest BCUT2D eigenvalue weighted by Crippen LogP contribution is 2.55. The van der Waals surface area contributed by atoms with Crippen LogP contribution < -0.4 is 11.1 Å². The van der Waals surface area contributed by atoms with Crippen molar-refractivity contribution in [3.05, 3.63) is 113 Å². The maximum atomic E-state index is 12.4. The van der Waals surface area contributed by atoms with E-state index in [9.17, 15) is 4.79 Å². The Morgan fingerprint density at radius 2 is 1.57 bits per heavy atom. The molecule has 3 aromatic carbocycles. The van der Waals surface area contributed by atoms with Crippen LogP contribution in [0.5, 0.6) is 0 Å². The Morgan fingerprint density at radius 3 is 2.27 bits per heavy atom. The fourth-order valence-corrected chi connectivity index (χ4v) is 8.32. The monoisotopic (exact) mass is 540 g/mol. The molecule has 0 saturated carbocycles. The summed E-state index contributed by atoms with van der Waals surface area (Å²) >= 11 is 4.99. The Labute approximate surface area is 227 Å². The van der Waals surface area contributed by atoms with Gasteiger partial charge >= 0.3 is 0 Å². The van der Waals surface area contributed by atoms with Crippen LogP contribution in [0.2, 0.25) is 0 Å². The van der Waals surface area contributed by atoms with Crippen LogP contribution in [0.1, 0.15) is 32.1 Å². The lowest BCUT2D eigenvalue weighted by Crippen LogP contribution is -2.14. The normalized spacial score (nSPS) is 16.9. The lowest BCUT2D eigenvalue weighted by Gasteiger charge is -2.30. The lowest BCUT2D eigenvalue weighted by atomic mass is 9.98. The van der Waals surface area contributed by atoms with Gasteiger partial charge in [-0.05, 0) is 35.2 Å². The van der Waals surface area contributed by atoms with Gasteiger partial charge in [-0.2, -0.15) is 0 Å². The van der Waals surface area contributed by atoms with Gasteiger partial charge in [0.05, 0.1) is 16.4 Å². The summed E-state index contributed by atoms with van der Waals surface area (Å²) in [6, 6.07) is 30.7. The van der Waals surface area contributed by atoms with Gasteiger partial charge in [0.25, 0.3) is 0 Å². The fraction of sp³-hybridized carbons (Fsp3) is 0.138. The number of hydrogen-bond acceptors (Lipinski definition) is 7. The van der Waals surface area contributed by atoms with Crippen molar-refractivity contribution in [2.75, 3.05) is 16.8 Å². The maximum Gasteiger partial charge on any atom is 0.234 e. The zero-order valence-corrected chi connectivity index (χ0v) is 22.3. The Kier molecular flexibility index (Phi) is 6.87. The summed E-state index contributed by atoms with van der Waals surface area (Å²) in [5, 5.41) is 4.89. The van der Waals surface area contributed by atoms with Crippen molar-refractivity contribution >= 4 is 62.5 Å². The van der Waals surface area contributed by atoms with Crippen LogP contribution in [0, 0.1) is 0 Å². The SMILES string of the molecule is Nc1nc(SCC(=O)Nc2ccccc2)nc2sc3c(c12)C[C@H](c1ccccc1)S[C@H]3c1ccccc1. The van der Waals surface area contributed by atoms with Crippen LogP contribution in [0.3, 0.4) is 0 Å². The molecule has 37 heavy (non-hydrogen) atoms. The van der Waals surface area contributed by atoms with E-state index in [4.69, 9.17) is 10.7 Å². The molecular formula is C29H24N4OS3. The number of rotatable bonds is 6. The highest BCUT2D eigenvalue weighted by molar-refractivity contribution is 8.00. The Balaban J connectivity index is 1.32. The largest absolute Gasteiger partial charge is 0.383 e. The van der Waals surface area contributed by atoms with Gasteiger partial charge in [0, 0.05) is 15.8 Å². The van der Waals surface area contributed by atoms with E-state index < -0.39 is 0 Å². The van der Waals surface area contributed by atoms with Gasteiger partial charge in [-0.25, -0.2) is 9.97 Å². The van der Waals surface area contributed by atoms with Crippen molar-refractivity contribution in [2.24, 2.45) is 0 Å². The number of amides is 1. The van der Waals surface area contributed by atoms with E-state index in [0.717, 1.165) is 22.3 Å². The second-order valence-corrected chi connectivity index (χ2v) is 12.0. The summed E-state index contributed by atoms with van der Waals surface area (Å²) in [6.45, 7) is 0. The van der Waals surface area contributed by atoms with Crippen molar-refractivity contribution in [1.29, 1.82) is 0 Å². The number of benzene rings is 3. The molecule has 5 aromatic rings. The summed E-state index contributed by atoms with van der Waals surface area (Å²) < 4.78 is 0. The van der Waals surface area contributed by atoms with Crippen molar-refractivity contribution in [1.82, 2.24) is 9.97 Å². The molecule has 8 heteroatoms. The highest BCUT2D eigenvalue weighted by atomic mass is 32.2. The van der Waals surface area contributed by atoms with Crippen LogP contribution in [0.4, 0.5) is 11.5 Å². The predicted octanol–water partition coefficient (Wildman–Crippen LogP) is 7.12. The van der Waals surface area contributed by atoms with Gasteiger partial charge in [-0.1, -0.05) is 90.6 Å². The number of aromatic nitrogens is 2. The number of para-hydroxylation sites is 1. The quantitative estimate of drug-likeness (QED) is 0.176. The number of fused-ring (bicyclic) bond motifs is 3. The minimum atomic E-state index is -0.102. The number of anilines is 2. The number of nitrogens with zero attached hydrogens (tertiary/aromatic N) is 2. The van der Waals surface area contributed by atoms with Gasteiger partial charge in [-0.15, -0.1) is 23.1 Å². The number of thiophene rings is 1. The number of nitrogens with two attached hydrogens (primary N) is 1. The number of nitrogens with one attached hydrogen (secondary N) is 1. The third kappa shape index (κ3) is 5.09.